The van der Waals surface area contributed by atoms with E-state index in [9.17, 15) is 9.90 Å². The molecular formula is C61H112O10Si3. The fraction of sp³-hybridized carbons (Fsp3) is 0.852. The van der Waals surface area contributed by atoms with Gasteiger partial charge in [0.2, 0.25) is 0 Å². The van der Waals surface area contributed by atoms with E-state index in [4.69, 9.17) is 37.0 Å². The maximum Gasteiger partial charge on any atom is 0.305 e. The first-order chi connectivity index (χ1) is 33.9. The number of esters is 1. The molecule has 4 aliphatic rings. The van der Waals surface area contributed by atoms with E-state index < -0.39 is 37.2 Å². The molecule has 4 heterocycles. The van der Waals surface area contributed by atoms with E-state index >= 15 is 0 Å². The minimum absolute atomic E-state index is 0.00114. The molecule has 0 bridgehead atoms. The van der Waals surface area contributed by atoms with Gasteiger partial charge in [0.05, 0.1) is 74.6 Å². The normalized spacial score (nSPS) is 33.3. The van der Waals surface area contributed by atoms with Crippen LogP contribution in [-0.4, -0.2) is 117 Å². The van der Waals surface area contributed by atoms with E-state index in [1.807, 2.05) is 12.2 Å². The van der Waals surface area contributed by atoms with Gasteiger partial charge in [-0.2, -0.15) is 0 Å². The van der Waals surface area contributed by atoms with Crippen molar-refractivity contribution in [2.75, 3.05) is 13.7 Å². The number of carbonyl (C=O) groups excluding carboxylic acids is 1. The zero-order chi connectivity index (χ0) is 56.1. The molecule has 0 amide bonds. The summed E-state index contributed by atoms with van der Waals surface area (Å²) in [6.45, 7) is 59.5. The van der Waals surface area contributed by atoms with E-state index in [0.717, 1.165) is 56.1 Å². The molecule has 4 aliphatic heterocycles. The summed E-state index contributed by atoms with van der Waals surface area (Å²) in [5, 5.41) is 11.8. The van der Waals surface area contributed by atoms with Gasteiger partial charge in [-0.3, -0.25) is 4.79 Å². The van der Waals surface area contributed by atoms with Gasteiger partial charge in [0.1, 0.15) is 6.10 Å². The van der Waals surface area contributed by atoms with Gasteiger partial charge in [-0.05, 0) is 146 Å². The Kier molecular flexibility index (Phi) is 23.3. The third kappa shape index (κ3) is 17.1. The van der Waals surface area contributed by atoms with Gasteiger partial charge in [0, 0.05) is 18.9 Å². The molecule has 17 atom stereocenters. The van der Waals surface area contributed by atoms with Crippen LogP contribution in [0.3, 0.4) is 0 Å². The molecule has 74 heavy (non-hydrogen) atoms. The Bertz CT molecular complexity index is 1860. The highest BCUT2D eigenvalue weighted by Crippen LogP contribution is 2.47. The van der Waals surface area contributed by atoms with Crippen LogP contribution in [0.25, 0.3) is 0 Å². The molecule has 0 aromatic carbocycles. The molecule has 1 N–H and O–H groups in total. The first kappa shape index (κ1) is 65.3. The monoisotopic (exact) mass is 1090 g/mol. The molecule has 0 radical (unpaired) electrons. The summed E-state index contributed by atoms with van der Waals surface area (Å²) < 4.78 is 54.0. The van der Waals surface area contributed by atoms with E-state index in [-0.39, 0.29) is 99.7 Å². The average molecular weight is 1090 g/mol. The number of hydrogen-bond donors (Lipinski definition) is 1. The smallest absolute Gasteiger partial charge is 0.305 e. The summed E-state index contributed by atoms with van der Waals surface area (Å²) in [7, 11) is -4.90. The number of rotatable bonds is 24. The number of carbonyl (C=O) groups is 1. The molecule has 4 unspecified atom stereocenters. The summed E-state index contributed by atoms with van der Waals surface area (Å²) in [6.07, 6.45) is 11.4. The van der Waals surface area contributed by atoms with Crippen LogP contribution in [0.2, 0.25) is 54.4 Å². The van der Waals surface area contributed by atoms with Crippen molar-refractivity contribution < 1.29 is 46.9 Å². The molecule has 4 fully saturated rings. The highest BCUT2D eigenvalue weighted by atomic mass is 28.4. The van der Waals surface area contributed by atoms with Crippen molar-refractivity contribution in [1.29, 1.82) is 0 Å². The summed E-state index contributed by atoms with van der Waals surface area (Å²) in [5.74, 6) is 1.15. The fourth-order valence-electron chi connectivity index (χ4n) is 10.8. The molecule has 10 nitrogen and oxygen atoms in total. The minimum Gasteiger partial charge on any atom is -0.469 e. The Morgan fingerprint density at radius 1 is 0.757 bits per heavy atom. The quantitative estimate of drug-likeness (QED) is 0.0570. The number of ether oxygens (including phenoxy) is 5. The minimum atomic E-state index is -2.30. The van der Waals surface area contributed by atoms with Crippen LogP contribution in [0.4, 0.5) is 0 Å². The molecule has 0 aliphatic carbocycles. The summed E-state index contributed by atoms with van der Waals surface area (Å²) >= 11 is 0. The van der Waals surface area contributed by atoms with E-state index in [1.165, 1.54) is 7.11 Å². The highest BCUT2D eigenvalue weighted by Gasteiger charge is 2.52. The summed E-state index contributed by atoms with van der Waals surface area (Å²) in [4.78, 5) is 12.8. The van der Waals surface area contributed by atoms with E-state index in [1.54, 1.807) is 0 Å². The van der Waals surface area contributed by atoms with E-state index in [2.05, 4.69) is 162 Å². The third-order valence-electron chi connectivity index (χ3n) is 19.5. The molecule has 0 saturated carbocycles. The second-order valence-electron chi connectivity index (χ2n) is 28.4. The first-order valence-electron chi connectivity index (χ1n) is 28.9. The number of hydrogen-bond acceptors (Lipinski definition) is 10. The van der Waals surface area contributed by atoms with Crippen LogP contribution in [0.5, 0.6) is 0 Å². The molecule has 0 spiro atoms. The second kappa shape index (κ2) is 26.4. The average Bonchev–Trinajstić information content (AvgIpc) is 3.78. The van der Waals surface area contributed by atoms with Crippen molar-refractivity contribution in [2.45, 2.75) is 283 Å². The van der Waals surface area contributed by atoms with Crippen molar-refractivity contribution in [3.63, 3.8) is 0 Å². The van der Waals surface area contributed by atoms with Gasteiger partial charge >= 0.3 is 5.97 Å². The lowest BCUT2D eigenvalue weighted by Gasteiger charge is -2.52. The molecule has 0 aromatic rings. The lowest BCUT2D eigenvalue weighted by atomic mass is 9.79. The third-order valence-corrected chi connectivity index (χ3v) is 32.9. The van der Waals surface area contributed by atoms with Crippen molar-refractivity contribution >= 4 is 30.9 Å². The predicted molar refractivity (Wildman–Crippen MR) is 313 cm³/mol. The van der Waals surface area contributed by atoms with Crippen LogP contribution in [0.15, 0.2) is 49.1 Å². The molecule has 428 valence electrons. The van der Waals surface area contributed by atoms with Crippen molar-refractivity contribution in [1.82, 2.24) is 0 Å². The maximum atomic E-state index is 12.8. The SMILES string of the molecule is C=CC[C@@H]1O[C@@H]([C@H](/C=C/C(O)CC[C@H]2CC(=C)C(CC[C@H]3C[C@@H](C)C(=C)C(C[C@@H]4O[C@H](CC(C)CO[Si](C)(C)C(C)(C)C)[C@H](C)[C@H]4CC(=O)OC)O3)O2)O[Si](C)(C)C(C)(C)C)[C@@H](O[Si](C)(C)C(C)(C)C)[C@@H](C)[C@H]1C. The van der Waals surface area contributed by atoms with Crippen LogP contribution < -0.4 is 0 Å². The first-order valence-corrected chi connectivity index (χ1v) is 37.7. The standard InChI is InChI=1S/C61H112O10Si3/c1-25-26-51-43(6)44(7)57(71-74(23,24)61(15,16)17)58(69-51)52(70-73(21,22)60(12,13)14)31-28-46(62)27-29-47-35-41(4)50(66-47)32-30-48-34-40(3)42(5)54(67-48)37-55-49(36-56(63)64-18)45(8)53(68-55)33-39(2)38-65-72(19,20)59(9,10)11/h25,28,31,39-40,43-55,57-58,62H,1,4-5,26-27,29-30,32-38H2,2-3,6-24H3/b31-28+/t39?,40-,43-,44+,45-,46?,47+,48+,49-,50?,51+,52+,53-,54?,55+,57+,58+/m1/s1. The Morgan fingerprint density at radius 2 is 1.36 bits per heavy atom. The van der Waals surface area contributed by atoms with Crippen LogP contribution in [0.1, 0.15) is 161 Å². The highest BCUT2D eigenvalue weighted by molar-refractivity contribution is 6.75. The van der Waals surface area contributed by atoms with Gasteiger partial charge in [-0.15, -0.1) is 6.58 Å². The van der Waals surface area contributed by atoms with Gasteiger partial charge in [0.15, 0.2) is 25.0 Å². The van der Waals surface area contributed by atoms with Crippen LogP contribution in [-0.2, 0) is 41.8 Å². The zero-order valence-corrected chi connectivity index (χ0v) is 54.1. The lowest BCUT2D eigenvalue weighted by molar-refractivity contribution is -0.184. The largest absolute Gasteiger partial charge is 0.469 e. The topological polar surface area (TPSA) is 111 Å². The molecule has 13 heteroatoms. The van der Waals surface area contributed by atoms with Gasteiger partial charge in [0.25, 0.3) is 0 Å². The van der Waals surface area contributed by atoms with Gasteiger partial charge in [-0.25, -0.2) is 0 Å². The fourth-order valence-corrected chi connectivity index (χ4v) is 14.5. The Balaban J connectivity index is 1.40. The Labute approximate surface area is 456 Å². The van der Waals surface area contributed by atoms with Crippen LogP contribution >= 0.6 is 0 Å². The number of methoxy groups -OCH3 is 1. The zero-order valence-electron chi connectivity index (χ0n) is 51.1. The molecule has 0 aromatic heterocycles. The van der Waals surface area contributed by atoms with Crippen molar-refractivity contribution in [2.24, 2.45) is 35.5 Å². The van der Waals surface area contributed by atoms with Crippen LogP contribution in [0, 0.1) is 35.5 Å². The lowest BCUT2D eigenvalue weighted by Crippen LogP contribution is -2.60. The summed E-state index contributed by atoms with van der Waals surface area (Å²) in [5.41, 5.74) is 2.22. The molecule has 4 saturated heterocycles. The molecular weight excluding hydrogens is 977 g/mol. The van der Waals surface area contributed by atoms with Crippen molar-refractivity contribution in [3.05, 3.63) is 49.1 Å². The number of aliphatic hydroxyl groups excluding tert-OH is 1. The summed E-state index contributed by atoms with van der Waals surface area (Å²) in [6, 6.07) is 0. The Hall–Kier alpha value is -1.24. The number of aliphatic hydroxyl groups is 1. The molecule has 4 rings (SSSR count). The second-order valence-corrected chi connectivity index (χ2v) is 42.7. The predicted octanol–water partition coefficient (Wildman–Crippen LogP) is 14.9. The Morgan fingerprint density at radius 3 is 1.95 bits per heavy atom. The maximum absolute atomic E-state index is 12.8. The van der Waals surface area contributed by atoms with Gasteiger partial charge < -0.3 is 42.1 Å². The van der Waals surface area contributed by atoms with Gasteiger partial charge in [-0.1, -0.05) is 128 Å². The van der Waals surface area contributed by atoms with E-state index in [0.29, 0.717) is 37.7 Å². The van der Waals surface area contributed by atoms with Crippen molar-refractivity contribution in [3.8, 4) is 0 Å².